The highest BCUT2D eigenvalue weighted by Crippen LogP contribution is 2.29. The van der Waals surface area contributed by atoms with Gasteiger partial charge in [-0.2, -0.15) is 0 Å². The van der Waals surface area contributed by atoms with Crippen LogP contribution in [0, 0.1) is 5.41 Å². The fourth-order valence-corrected chi connectivity index (χ4v) is 5.33. The minimum absolute atomic E-state index is 0. The Morgan fingerprint density at radius 1 is 0.946 bits per heavy atom. The van der Waals surface area contributed by atoms with Crippen LogP contribution >= 0.6 is 35.6 Å². The zero-order chi connectivity index (χ0) is 25.2. The van der Waals surface area contributed by atoms with Crippen molar-refractivity contribution in [2.45, 2.75) is 11.4 Å². The molecule has 7 N–H and O–H groups in total. The number of hydrogen-bond donors (Lipinski definition) is 4. The largest absolute Gasteiger partial charge is 0.412 e. The number of carbonyl (C=O) groups is 1. The maximum absolute atomic E-state index is 12.9. The summed E-state index contributed by atoms with van der Waals surface area (Å²) >= 11 is 12.0. The van der Waals surface area contributed by atoms with Gasteiger partial charge in [-0.15, -0.1) is 12.4 Å². The molecule has 0 aromatic heterocycles. The number of benzene rings is 4. The second-order valence-corrected chi connectivity index (χ2v) is 10.2. The second kappa shape index (κ2) is 12.3. The van der Waals surface area contributed by atoms with Crippen LogP contribution < -0.4 is 15.8 Å². The maximum Gasteiger partial charge on any atom is 0.263 e. The highest BCUT2D eigenvalue weighted by molar-refractivity contribution is 7.92. The molecule has 4 rings (SSSR count). The van der Waals surface area contributed by atoms with E-state index in [2.05, 4.69) is 10.0 Å². The maximum atomic E-state index is 12.9. The predicted molar refractivity (Wildman–Crippen MR) is 151 cm³/mol. The van der Waals surface area contributed by atoms with Gasteiger partial charge in [-0.1, -0.05) is 65.7 Å². The third-order valence-electron chi connectivity index (χ3n) is 5.28. The molecule has 0 bridgehead atoms. The molecule has 0 aliphatic rings. The minimum Gasteiger partial charge on any atom is -0.412 e. The van der Waals surface area contributed by atoms with Gasteiger partial charge in [0.1, 0.15) is 10.7 Å². The lowest BCUT2D eigenvalue weighted by atomic mass is 10.0. The van der Waals surface area contributed by atoms with E-state index in [9.17, 15) is 13.2 Å². The molecule has 0 unspecified atom stereocenters. The van der Waals surface area contributed by atoms with Crippen molar-refractivity contribution in [3.05, 3.63) is 106 Å². The molecule has 194 valence electrons. The molecule has 4 aromatic rings. The quantitative estimate of drug-likeness (QED) is 0.183. The molecular formula is C25H23Cl3N4O4S. The Morgan fingerprint density at radius 3 is 2.32 bits per heavy atom. The summed E-state index contributed by atoms with van der Waals surface area (Å²) < 4.78 is 28.2. The van der Waals surface area contributed by atoms with Crippen molar-refractivity contribution in [2.75, 3.05) is 4.72 Å². The van der Waals surface area contributed by atoms with Crippen molar-refractivity contribution in [1.29, 1.82) is 5.41 Å². The number of fused-ring (bicyclic) bond motifs is 1. The fourth-order valence-electron chi connectivity index (χ4n) is 3.52. The van der Waals surface area contributed by atoms with Crippen LogP contribution in [-0.2, 0) is 16.6 Å². The number of rotatable bonds is 7. The molecule has 12 heteroatoms. The van der Waals surface area contributed by atoms with Crippen molar-refractivity contribution >= 4 is 73.8 Å². The summed E-state index contributed by atoms with van der Waals surface area (Å²) in [6.07, 6.45) is 0. The summed E-state index contributed by atoms with van der Waals surface area (Å²) in [6.45, 7) is 0.297. The Hall–Kier alpha value is -3.34. The first-order valence-corrected chi connectivity index (χ1v) is 12.6. The van der Waals surface area contributed by atoms with Gasteiger partial charge in [0.05, 0.1) is 5.02 Å². The van der Waals surface area contributed by atoms with Gasteiger partial charge < -0.3 is 16.5 Å². The summed E-state index contributed by atoms with van der Waals surface area (Å²) in [5, 5.41) is 12.0. The average molecular weight is 582 g/mol. The first kappa shape index (κ1) is 29.9. The lowest BCUT2D eigenvalue weighted by molar-refractivity contribution is 0.0952. The lowest BCUT2D eigenvalue weighted by Gasteiger charge is -2.12. The molecule has 0 spiro atoms. The molecule has 8 nitrogen and oxygen atoms in total. The summed E-state index contributed by atoms with van der Waals surface area (Å²) in [7, 11) is -3.98. The van der Waals surface area contributed by atoms with Gasteiger partial charge >= 0.3 is 0 Å². The molecule has 4 aromatic carbocycles. The van der Waals surface area contributed by atoms with Crippen molar-refractivity contribution in [1.82, 2.24) is 5.32 Å². The van der Waals surface area contributed by atoms with Gasteiger partial charge in [-0.3, -0.25) is 14.9 Å². The van der Waals surface area contributed by atoms with Gasteiger partial charge in [-0.25, -0.2) is 8.42 Å². The van der Waals surface area contributed by atoms with Gasteiger partial charge in [0.15, 0.2) is 0 Å². The van der Waals surface area contributed by atoms with E-state index in [1.807, 2.05) is 0 Å². The number of halogens is 3. The highest BCUT2D eigenvalue weighted by atomic mass is 35.5. The van der Waals surface area contributed by atoms with Crippen LogP contribution in [0.1, 0.15) is 21.5 Å². The predicted octanol–water partition coefficient (Wildman–Crippen LogP) is 4.76. The van der Waals surface area contributed by atoms with Crippen molar-refractivity contribution in [2.24, 2.45) is 5.73 Å². The molecule has 0 atom stereocenters. The minimum atomic E-state index is -3.98. The number of amidine groups is 1. The topological polar surface area (TPSA) is 157 Å². The van der Waals surface area contributed by atoms with Crippen LogP contribution in [0.2, 0.25) is 10.0 Å². The molecule has 1 amide bonds. The van der Waals surface area contributed by atoms with Crippen LogP contribution in [0.15, 0.2) is 83.8 Å². The molecule has 0 aliphatic carbocycles. The van der Waals surface area contributed by atoms with E-state index < -0.39 is 10.0 Å². The van der Waals surface area contributed by atoms with E-state index >= 15 is 0 Å². The van der Waals surface area contributed by atoms with Gasteiger partial charge in [0.2, 0.25) is 0 Å². The molecule has 37 heavy (non-hydrogen) atoms. The van der Waals surface area contributed by atoms with Crippen LogP contribution in [0.4, 0.5) is 5.69 Å². The van der Waals surface area contributed by atoms with E-state index in [1.165, 1.54) is 18.2 Å². The van der Waals surface area contributed by atoms with Crippen LogP contribution in [0.25, 0.3) is 10.8 Å². The summed E-state index contributed by atoms with van der Waals surface area (Å²) in [5.41, 5.74) is 7.71. The van der Waals surface area contributed by atoms with E-state index in [1.54, 1.807) is 60.7 Å². The number of hydrogen-bond acceptors (Lipinski definition) is 4. The molecular weight excluding hydrogens is 559 g/mol. The Bertz CT molecular complexity index is 1560. The van der Waals surface area contributed by atoms with E-state index in [0.717, 1.165) is 5.56 Å². The number of nitrogens with two attached hydrogens (primary N) is 1. The van der Waals surface area contributed by atoms with E-state index in [4.69, 9.17) is 34.3 Å². The van der Waals surface area contributed by atoms with Gasteiger partial charge in [0, 0.05) is 28.4 Å². The summed E-state index contributed by atoms with van der Waals surface area (Å²) in [4.78, 5) is 12.7. The number of amides is 1. The number of anilines is 1. The van der Waals surface area contributed by atoms with E-state index in [0.29, 0.717) is 34.1 Å². The highest BCUT2D eigenvalue weighted by Gasteiger charge is 2.19. The number of sulfonamides is 1. The van der Waals surface area contributed by atoms with Crippen LogP contribution in [0.5, 0.6) is 0 Å². The normalized spacial score (nSPS) is 10.6. The Balaban J connectivity index is 0.00000241. The smallest absolute Gasteiger partial charge is 0.263 e. The Labute approximate surface area is 230 Å². The van der Waals surface area contributed by atoms with Crippen molar-refractivity contribution in [3.8, 4) is 0 Å². The third-order valence-corrected chi connectivity index (χ3v) is 7.38. The lowest BCUT2D eigenvalue weighted by Crippen LogP contribution is -2.23. The van der Waals surface area contributed by atoms with Gasteiger partial charge in [0.25, 0.3) is 15.9 Å². The average Bonchev–Trinajstić information content (AvgIpc) is 2.83. The Morgan fingerprint density at radius 2 is 1.65 bits per heavy atom. The second-order valence-electron chi connectivity index (χ2n) is 7.72. The van der Waals surface area contributed by atoms with Crippen LogP contribution in [-0.4, -0.2) is 25.6 Å². The SMILES string of the molecule is Cl.N=C(N)c1ccc(CNC(=O)c2cccc3cc(NS(=O)(=O)c4cc(Cl)ccc4Cl)ccc23)cc1.O. The zero-order valence-corrected chi connectivity index (χ0v) is 22.2. The summed E-state index contributed by atoms with van der Waals surface area (Å²) in [6, 6.07) is 21.4. The number of nitrogens with one attached hydrogen (secondary N) is 3. The number of nitrogen functional groups attached to an aromatic ring is 1. The molecule has 0 aliphatic heterocycles. The molecule has 0 radical (unpaired) electrons. The van der Waals surface area contributed by atoms with Gasteiger partial charge in [-0.05, 0) is 52.7 Å². The zero-order valence-electron chi connectivity index (χ0n) is 19.1. The van der Waals surface area contributed by atoms with Crippen LogP contribution in [0.3, 0.4) is 0 Å². The fraction of sp³-hybridized carbons (Fsp3) is 0.0400. The number of carbonyl (C=O) groups excluding carboxylic acids is 1. The molecule has 0 saturated carbocycles. The van der Waals surface area contributed by atoms with Crippen molar-refractivity contribution < 1.29 is 18.7 Å². The van der Waals surface area contributed by atoms with Crippen molar-refractivity contribution in [3.63, 3.8) is 0 Å². The first-order valence-electron chi connectivity index (χ1n) is 10.4. The monoisotopic (exact) mass is 580 g/mol. The standard InChI is InChI=1S/C25H20Cl2N4O3S.ClH.H2O/c26-18-8-11-22(27)23(13-18)35(33,34)31-19-9-10-20-17(12-19)2-1-3-21(20)25(32)30-14-15-4-6-16(7-5-15)24(28)29;;/h1-13,31H,14H2,(H3,28,29)(H,30,32);1H;1H2. The summed E-state index contributed by atoms with van der Waals surface area (Å²) in [5.74, 6) is -0.293. The molecule has 0 fully saturated rings. The molecule has 0 heterocycles. The first-order chi connectivity index (χ1) is 16.6. The van der Waals surface area contributed by atoms with E-state index in [-0.39, 0.29) is 44.6 Å². The Kier molecular flexibility index (Phi) is 9.91. The molecule has 0 saturated heterocycles. The third kappa shape index (κ3) is 6.91.